The minimum absolute atomic E-state index is 0.0749. The Hall–Kier alpha value is -1.12. The summed E-state index contributed by atoms with van der Waals surface area (Å²) in [6.45, 7) is 4.18. The zero-order valence-corrected chi connectivity index (χ0v) is 12.8. The summed E-state index contributed by atoms with van der Waals surface area (Å²) in [7, 11) is -1.87. The van der Waals surface area contributed by atoms with E-state index < -0.39 is 10.0 Å². The van der Waals surface area contributed by atoms with E-state index in [4.69, 9.17) is 10.5 Å². The van der Waals surface area contributed by atoms with Gasteiger partial charge < -0.3 is 10.5 Å². The van der Waals surface area contributed by atoms with Gasteiger partial charge in [0, 0.05) is 39.5 Å². The molecule has 0 bridgehead atoms. The van der Waals surface area contributed by atoms with E-state index in [9.17, 15) is 8.42 Å². The number of rotatable bonds is 5. The number of sulfonamides is 1. The van der Waals surface area contributed by atoms with E-state index in [0.29, 0.717) is 32.2 Å². The van der Waals surface area contributed by atoms with Gasteiger partial charge in [0.1, 0.15) is 4.90 Å². The maximum absolute atomic E-state index is 12.6. The van der Waals surface area contributed by atoms with Gasteiger partial charge in [-0.05, 0) is 25.7 Å². The molecular formula is C12H22N4O3S. The number of piperidine rings is 1. The minimum Gasteiger partial charge on any atom is -0.384 e. The van der Waals surface area contributed by atoms with Crippen LogP contribution in [0.3, 0.4) is 0 Å². The fourth-order valence-corrected chi connectivity index (χ4v) is 4.00. The fraction of sp³-hybridized carbons (Fsp3) is 0.750. The van der Waals surface area contributed by atoms with Crippen molar-refractivity contribution >= 4 is 15.8 Å². The third-order valence-corrected chi connectivity index (χ3v) is 5.59. The van der Waals surface area contributed by atoms with Gasteiger partial charge in [0.25, 0.3) is 0 Å². The number of anilines is 1. The average Bonchev–Trinajstić information content (AvgIpc) is 2.82. The molecule has 0 aromatic carbocycles. The number of nitrogen functional groups attached to an aromatic ring is 1. The molecule has 1 aromatic rings. The predicted octanol–water partition coefficient (Wildman–Crippen LogP) is 0.532. The van der Waals surface area contributed by atoms with Crippen molar-refractivity contribution in [1.29, 1.82) is 0 Å². The number of nitrogens with two attached hydrogens (primary N) is 1. The van der Waals surface area contributed by atoms with Crippen LogP contribution in [0.5, 0.6) is 0 Å². The molecule has 0 radical (unpaired) electrons. The molecule has 0 spiro atoms. The molecule has 20 heavy (non-hydrogen) atoms. The summed E-state index contributed by atoms with van der Waals surface area (Å²) in [4.78, 5) is 0.115. The molecular weight excluding hydrogens is 280 g/mol. The fourth-order valence-electron chi connectivity index (χ4n) is 2.47. The summed E-state index contributed by atoms with van der Waals surface area (Å²) in [6, 6.07) is 0. The summed E-state index contributed by atoms with van der Waals surface area (Å²) in [6.07, 6.45) is 3.13. The molecule has 1 aliphatic rings. The maximum Gasteiger partial charge on any atom is 0.248 e. The second-order valence-electron chi connectivity index (χ2n) is 5.04. The van der Waals surface area contributed by atoms with E-state index in [0.717, 1.165) is 12.8 Å². The molecule has 7 nitrogen and oxygen atoms in total. The maximum atomic E-state index is 12.6. The van der Waals surface area contributed by atoms with E-state index in [2.05, 4.69) is 5.10 Å². The van der Waals surface area contributed by atoms with Crippen LogP contribution >= 0.6 is 0 Å². The lowest BCUT2D eigenvalue weighted by molar-refractivity contribution is 0.121. The zero-order chi connectivity index (χ0) is 14.8. The Morgan fingerprint density at radius 3 is 2.60 bits per heavy atom. The average molecular weight is 302 g/mol. The summed E-state index contributed by atoms with van der Waals surface area (Å²) in [5.41, 5.74) is 5.73. The molecule has 1 fully saturated rings. The molecule has 114 valence electrons. The number of hydrogen-bond acceptors (Lipinski definition) is 5. The molecule has 0 amide bonds. The lowest BCUT2D eigenvalue weighted by Crippen LogP contribution is -2.39. The highest BCUT2D eigenvalue weighted by atomic mass is 32.2. The van der Waals surface area contributed by atoms with Crippen LogP contribution < -0.4 is 5.73 Å². The number of hydrogen-bond donors (Lipinski definition) is 1. The summed E-state index contributed by atoms with van der Waals surface area (Å²) < 4.78 is 33.3. The van der Waals surface area contributed by atoms with E-state index in [1.807, 2.05) is 6.92 Å². The lowest BCUT2D eigenvalue weighted by atomic mass is 9.99. The Balaban J connectivity index is 2.13. The van der Waals surface area contributed by atoms with Crippen molar-refractivity contribution < 1.29 is 13.2 Å². The van der Waals surface area contributed by atoms with E-state index in [-0.39, 0.29) is 10.7 Å². The molecule has 8 heteroatoms. The molecule has 2 rings (SSSR count). The number of aromatic nitrogens is 2. The van der Waals surface area contributed by atoms with Crippen LogP contribution in [0, 0.1) is 5.92 Å². The van der Waals surface area contributed by atoms with Crippen LogP contribution in [0.25, 0.3) is 0 Å². The first-order chi connectivity index (χ1) is 9.48. The van der Waals surface area contributed by atoms with Gasteiger partial charge in [-0.3, -0.25) is 4.68 Å². The highest BCUT2D eigenvalue weighted by Crippen LogP contribution is 2.26. The van der Waals surface area contributed by atoms with Crippen molar-refractivity contribution in [3.05, 3.63) is 6.20 Å². The SMILES string of the molecule is CCn1cc(S(=O)(=O)N2CCC(COC)CC2)c(N)n1. The third-order valence-electron chi connectivity index (χ3n) is 3.67. The summed E-state index contributed by atoms with van der Waals surface area (Å²) in [5.74, 6) is 0.507. The lowest BCUT2D eigenvalue weighted by Gasteiger charge is -2.30. The molecule has 0 aliphatic carbocycles. The summed E-state index contributed by atoms with van der Waals surface area (Å²) in [5, 5.41) is 4.00. The van der Waals surface area contributed by atoms with Gasteiger partial charge in [-0.2, -0.15) is 9.40 Å². The molecule has 0 unspecified atom stereocenters. The van der Waals surface area contributed by atoms with Crippen LogP contribution in [0.15, 0.2) is 11.1 Å². The molecule has 2 N–H and O–H groups in total. The highest BCUT2D eigenvalue weighted by Gasteiger charge is 2.32. The van der Waals surface area contributed by atoms with Crippen molar-refractivity contribution in [3.8, 4) is 0 Å². The largest absolute Gasteiger partial charge is 0.384 e. The molecule has 1 aromatic heterocycles. The van der Waals surface area contributed by atoms with Crippen molar-refractivity contribution in [2.75, 3.05) is 32.5 Å². The summed E-state index contributed by atoms with van der Waals surface area (Å²) >= 11 is 0. The van der Waals surface area contributed by atoms with E-state index in [1.165, 1.54) is 10.5 Å². The van der Waals surface area contributed by atoms with E-state index in [1.54, 1.807) is 11.8 Å². The second kappa shape index (κ2) is 6.11. The number of nitrogens with zero attached hydrogens (tertiary/aromatic N) is 3. The van der Waals surface area contributed by atoms with Gasteiger partial charge in [0.2, 0.25) is 10.0 Å². The Bertz CT molecular complexity index is 547. The predicted molar refractivity (Wildman–Crippen MR) is 75.7 cm³/mol. The zero-order valence-electron chi connectivity index (χ0n) is 11.9. The van der Waals surface area contributed by atoms with E-state index >= 15 is 0 Å². The monoisotopic (exact) mass is 302 g/mol. The third kappa shape index (κ3) is 2.97. The number of aryl methyl sites for hydroxylation is 1. The van der Waals surface area contributed by atoms with Gasteiger partial charge in [-0.15, -0.1) is 0 Å². The van der Waals surface area contributed by atoms with Gasteiger partial charge in [-0.25, -0.2) is 8.42 Å². The van der Waals surface area contributed by atoms with Crippen LogP contribution in [0.1, 0.15) is 19.8 Å². The number of methoxy groups -OCH3 is 1. The van der Waals surface area contributed by atoms with Crippen LogP contribution in [0.2, 0.25) is 0 Å². The molecule has 1 aliphatic heterocycles. The second-order valence-corrected chi connectivity index (χ2v) is 6.94. The first kappa shape index (κ1) is 15.3. The smallest absolute Gasteiger partial charge is 0.248 e. The van der Waals surface area contributed by atoms with Gasteiger partial charge in [-0.1, -0.05) is 0 Å². The quantitative estimate of drug-likeness (QED) is 0.857. The van der Waals surface area contributed by atoms with Gasteiger partial charge >= 0.3 is 0 Å². The Morgan fingerprint density at radius 2 is 2.10 bits per heavy atom. The standard InChI is InChI=1S/C12H22N4O3S/c1-3-15-8-11(12(13)14-15)20(17,18)16-6-4-10(5-7-16)9-19-2/h8,10H,3-7,9H2,1-2H3,(H2,13,14). The molecule has 0 saturated carbocycles. The van der Waals surface area contributed by atoms with Crippen molar-refractivity contribution in [2.24, 2.45) is 5.92 Å². The highest BCUT2D eigenvalue weighted by molar-refractivity contribution is 7.89. The van der Waals surface area contributed by atoms with Gasteiger partial charge in [0.05, 0.1) is 0 Å². The Kier molecular flexibility index (Phi) is 4.66. The molecule has 0 atom stereocenters. The first-order valence-electron chi connectivity index (χ1n) is 6.81. The van der Waals surface area contributed by atoms with Crippen molar-refractivity contribution in [3.63, 3.8) is 0 Å². The minimum atomic E-state index is -3.54. The van der Waals surface area contributed by atoms with Crippen molar-refractivity contribution in [2.45, 2.75) is 31.2 Å². The molecule has 1 saturated heterocycles. The topological polar surface area (TPSA) is 90.5 Å². The Morgan fingerprint density at radius 1 is 1.45 bits per heavy atom. The normalized spacial score (nSPS) is 18.5. The molecule has 2 heterocycles. The first-order valence-corrected chi connectivity index (χ1v) is 8.25. The van der Waals surface area contributed by atoms with Gasteiger partial charge in [0.15, 0.2) is 5.82 Å². The van der Waals surface area contributed by atoms with Crippen LogP contribution in [-0.4, -0.2) is 49.3 Å². The van der Waals surface area contributed by atoms with Crippen LogP contribution in [-0.2, 0) is 21.3 Å². The van der Waals surface area contributed by atoms with Crippen molar-refractivity contribution in [1.82, 2.24) is 14.1 Å². The van der Waals surface area contributed by atoms with Crippen LogP contribution in [0.4, 0.5) is 5.82 Å². The number of ether oxygens (including phenoxy) is 1. The Labute approximate surface area is 119 Å².